The molecule has 6 heteroatoms. The van der Waals surface area contributed by atoms with Gasteiger partial charge in [0.1, 0.15) is 0 Å². The van der Waals surface area contributed by atoms with Gasteiger partial charge in [0.2, 0.25) is 0 Å². The van der Waals surface area contributed by atoms with E-state index in [0.29, 0.717) is 22.0 Å². The SMILES string of the molecule is CNc1cncc(-c2cn(C3CC4(COC4)C3)c3cc(C)c(C#N)cc23)c1Cl. The molecule has 142 valence electrons. The maximum absolute atomic E-state index is 9.54. The maximum Gasteiger partial charge on any atom is 0.0994 e. The Balaban J connectivity index is 1.70. The van der Waals surface area contributed by atoms with E-state index in [4.69, 9.17) is 16.3 Å². The molecule has 5 nitrogen and oxygen atoms in total. The quantitative estimate of drug-likeness (QED) is 0.686. The molecule has 0 unspecified atom stereocenters. The van der Waals surface area contributed by atoms with Gasteiger partial charge in [-0.1, -0.05) is 11.6 Å². The molecule has 5 rings (SSSR count). The van der Waals surface area contributed by atoms with Crippen LogP contribution in [0.15, 0.2) is 30.7 Å². The Morgan fingerprint density at radius 1 is 1.29 bits per heavy atom. The second-order valence-corrected chi connectivity index (χ2v) is 8.48. The van der Waals surface area contributed by atoms with Crippen LogP contribution in [0.5, 0.6) is 0 Å². The molecule has 3 aromatic rings. The summed E-state index contributed by atoms with van der Waals surface area (Å²) in [6.07, 6.45) is 7.98. The van der Waals surface area contributed by atoms with E-state index in [0.717, 1.165) is 59.3 Å². The van der Waals surface area contributed by atoms with Gasteiger partial charge < -0.3 is 14.6 Å². The number of aromatic nitrogens is 2. The number of halogens is 1. The van der Waals surface area contributed by atoms with E-state index in [2.05, 4.69) is 33.2 Å². The summed E-state index contributed by atoms with van der Waals surface area (Å²) >= 11 is 6.67. The zero-order valence-corrected chi connectivity index (χ0v) is 16.7. The van der Waals surface area contributed by atoms with E-state index >= 15 is 0 Å². The molecule has 0 atom stereocenters. The Morgan fingerprint density at radius 2 is 2.07 bits per heavy atom. The number of fused-ring (bicyclic) bond motifs is 1. The molecule has 1 spiro atoms. The van der Waals surface area contributed by atoms with Gasteiger partial charge in [-0.15, -0.1) is 0 Å². The van der Waals surface area contributed by atoms with Crippen LogP contribution in [0.4, 0.5) is 5.69 Å². The summed E-state index contributed by atoms with van der Waals surface area (Å²) in [5.74, 6) is 0. The van der Waals surface area contributed by atoms with Gasteiger partial charge in [-0.05, 0) is 37.5 Å². The number of anilines is 1. The van der Waals surface area contributed by atoms with Gasteiger partial charge in [0, 0.05) is 52.9 Å². The van der Waals surface area contributed by atoms with Crippen molar-refractivity contribution in [1.29, 1.82) is 5.26 Å². The summed E-state index contributed by atoms with van der Waals surface area (Å²) < 4.78 is 7.80. The van der Waals surface area contributed by atoms with Crippen LogP contribution in [0.3, 0.4) is 0 Å². The fourth-order valence-corrected chi connectivity index (χ4v) is 4.90. The normalized spacial score (nSPS) is 17.9. The van der Waals surface area contributed by atoms with Crippen LogP contribution in [0.25, 0.3) is 22.0 Å². The van der Waals surface area contributed by atoms with E-state index in [-0.39, 0.29) is 0 Å². The van der Waals surface area contributed by atoms with Crippen molar-refractivity contribution in [2.45, 2.75) is 25.8 Å². The number of pyridine rings is 1. The second-order valence-electron chi connectivity index (χ2n) is 8.10. The Morgan fingerprint density at radius 3 is 2.71 bits per heavy atom. The first-order valence-corrected chi connectivity index (χ1v) is 9.88. The molecule has 1 aromatic carbocycles. The molecule has 0 amide bonds. The van der Waals surface area contributed by atoms with Gasteiger partial charge in [-0.3, -0.25) is 4.98 Å². The maximum atomic E-state index is 9.54. The largest absolute Gasteiger partial charge is 0.386 e. The molecule has 1 N–H and O–H groups in total. The lowest BCUT2D eigenvalue weighted by molar-refractivity contribution is -0.173. The number of aryl methyl sites for hydroxylation is 1. The lowest BCUT2D eigenvalue weighted by Gasteiger charge is -2.53. The lowest BCUT2D eigenvalue weighted by atomic mass is 9.64. The van der Waals surface area contributed by atoms with Crippen molar-refractivity contribution in [3.63, 3.8) is 0 Å². The summed E-state index contributed by atoms with van der Waals surface area (Å²) in [6.45, 7) is 3.76. The number of nitrogens with one attached hydrogen (secondary N) is 1. The zero-order valence-electron chi connectivity index (χ0n) is 15.9. The molecule has 1 aliphatic carbocycles. The fraction of sp³-hybridized carbons (Fsp3) is 0.364. The number of hydrogen-bond donors (Lipinski definition) is 1. The van der Waals surface area contributed by atoms with Crippen molar-refractivity contribution in [1.82, 2.24) is 9.55 Å². The van der Waals surface area contributed by atoms with Crippen molar-refractivity contribution in [2.24, 2.45) is 5.41 Å². The van der Waals surface area contributed by atoms with Crippen molar-refractivity contribution in [3.05, 3.63) is 46.9 Å². The number of nitriles is 1. The molecule has 0 bridgehead atoms. The van der Waals surface area contributed by atoms with E-state index in [1.54, 1.807) is 12.4 Å². The monoisotopic (exact) mass is 392 g/mol. The average Bonchev–Trinajstić information content (AvgIpc) is 2.97. The van der Waals surface area contributed by atoms with Crippen LogP contribution in [-0.2, 0) is 4.74 Å². The molecule has 1 saturated heterocycles. The molecular formula is C22H21ClN4O. The highest BCUT2D eigenvalue weighted by Crippen LogP contribution is 2.54. The molecule has 1 aliphatic heterocycles. The second kappa shape index (κ2) is 6.23. The fourth-order valence-electron chi connectivity index (χ4n) is 4.61. The third kappa shape index (κ3) is 2.45. The van der Waals surface area contributed by atoms with Crippen LogP contribution in [0.1, 0.15) is 30.0 Å². The summed E-state index contributed by atoms with van der Waals surface area (Å²) in [7, 11) is 1.83. The van der Waals surface area contributed by atoms with Gasteiger partial charge in [0.25, 0.3) is 0 Å². The molecule has 28 heavy (non-hydrogen) atoms. The average molecular weight is 393 g/mol. The predicted molar refractivity (Wildman–Crippen MR) is 111 cm³/mol. The molecule has 2 aliphatic rings. The van der Waals surface area contributed by atoms with Crippen LogP contribution in [0.2, 0.25) is 5.02 Å². The highest BCUT2D eigenvalue weighted by Gasteiger charge is 2.50. The van der Waals surface area contributed by atoms with E-state index in [9.17, 15) is 5.26 Å². The van der Waals surface area contributed by atoms with Crippen molar-refractivity contribution in [2.75, 3.05) is 25.6 Å². The van der Waals surface area contributed by atoms with Crippen LogP contribution in [0, 0.1) is 23.7 Å². The number of nitrogens with zero attached hydrogens (tertiary/aromatic N) is 3. The first kappa shape index (κ1) is 17.5. The van der Waals surface area contributed by atoms with Crippen LogP contribution >= 0.6 is 11.6 Å². The highest BCUT2D eigenvalue weighted by atomic mass is 35.5. The number of hydrogen-bond acceptors (Lipinski definition) is 4. The molecule has 0 radical (unpaired) electrons. The summed E-state index contributed by atoms with van der Waals surface area (Å²) in [6, 6.07) is 6.88. The minimum atomic E-state index is 0.383. The van der Waals surface area contributed by atoms with E-state index in [1.807, 2.05) is 20.0 Å². The Bertz CT molecular complexity index is 1130. The Hall–Kier alpha value is -2.55. The first-order valence-electron chi connectivity index (χ1n) is 9.50. The number of benzene rings is 1. The summed E-state index contributed by atoms with van der Waals surface area (Å²) in [5, 5.41) is 14.3. The molecule has 1 saturated carbocycles. The third-order valence-corrected chi connectivity index (χ3v) is 6.69. The van der Waals surface area contributed by atoms with Crippen LogP contribution < -0.4 is 5.32 Å². The highest BCUT2D eigenvalue weighted by molar-refractivity contribution is 6.36. The predicted octanol–water partition coefficient (Wildman–Crippen LogP) is 4.93. The molecule has 2 aromatic heterocycles. The van der Waals surface area contributed by atoms with Crippen LogP contribution in [-0.4, -0.2) is 29.8 Å². The van der Waals surface area contributed by atoms with Gasteiger partial charge in [-0.25, -0.2) is 0 Å². The summed E-state index contributed by atoms with van der Waals surface area (Å²) in [5.41, 5.74) is 5.92. The smallest absolute Gasteiger partial charge is 0.0994 e. The molecule has 3 heterocycles. The molecular weight excluding hydrogens is 372 g/mol. The van der Waals surface area contributed by atoms with Crippen molar-refractivity contribution < 1.29 is 4.74 Å². The van der Waals surface area contributed by atoms with E-state index < -0.39 is 0 Å². The third-order valence-electron chi connectivity index (χ3n) is 6.29. The van der Waals surface area contributed by atoms with Gasteiger partial charge >= 0.3 is 0 Å². The van der Waals surface area contributed by atoms with Crippen molar-refractivity contribution >= 4 is 28.2 Å². The summed E-state index contributed by atoms with van der Waals surface area (Å²) in [4.78, 5) is 4.36. The van der Waals surface area contributed by atoms with Gasteiger partial charge in [-0.2, -0.15) is 5.26 Å². The minimum Gasteiger partial charge on any atom is -0.386 e. The van der Waals surface area contributed by atoms with Gasteiger partial charge in [0.15, 0.2) is 0 Å². The number of ether oxygens (including phenoxy) is 1. The zero-order chi connectivity index (χ0) is 19.5. The van der Waals surface area contributed by atoms with Gasteiger partial charge in [0.05, 0.1) is 41.8 Å². The number of rotatable bonds is 3. The topological polar surface area (TPSA) is 62.9 Å². The lowest BCUT2D eigenvalue weighted by Crippen LogP contribution is -2.52. The Kier molecular flexibility index (Phi) is 3.90. The van der Waals surface area contributed by atoms with Crippen molar-refractivity contribution in [3.8, 4) is 17.2 Å². The van der Waals surface area contributed by atoms with E-state index in [1.165, 1.54) is 0 Å². The first-order chi connectivity index (χ1) is 13.5. The Labute approximate surface area is 168 Å². The molecule has 2 fully saturated rings. The minimum absolute atomic E-state index is 0.383. The standard InChI is InChI=1S/C22H21ClN4O/c1-13-3-20-16(4-14(13)7-24)18(17-8-26-9-19(25-2)21(17)23)10-27(20)15-5-22(6-15)11-28-12-22/h3-4,8-10,15,25H,5-6,11-12H2,1-2H3.